The van der Waals surface area contributed by atoms with Crippen LogP contribution in [0, 0.1) is 18.3 Å². The van der Waals surface area contributed by atoms with Crippen molar-refractivity contribution in [2.24, 2.45) is 0 Å². The number of nitriles is 1. The lowest BCUT2D eigenvalue weighted by molar-refractivity contribution is 0.474. The molecule has 0 saturated heterocycles. The molecule has 0 aliphatic carbocycles. The molecule has 0 amide bonds. The highest BCUT2D eigenvalue weighted by molar-refractivity contribution is 5.64. The molecule has 1 heterocycles. The Kier molecular flexibility index (Phi) is 2.79. The van der Waals surface area contributed by atoms with Crippen LogP contribution in [-0.2, 0) is 5.41 Å². The van der Waals surface area contributed by atoms with Gasteiger partial charge in [-0.25, -0.2) is 0 Å². The van der Waals surface area contributed by atoms with Gasteiger partial charge in [0, 0.05) is 11.1 Å². The van der Waals surface area contributed by atoms with Gasteiger partial charge in [0.2, 0.25) is 0 Å². The van der Waals surface area contributed by atoms with E-state index in [4.69, 9.17) is 5.26 Å². The summed E-state index contributed by atoms with van der Waals surface area (Å²) >= 11 is 0. The zero-order chi connectivity index (χ0) is 14.3. The summed E-state index contributed by atoms with van der Waals surface area (Å²) in [5, 5.41) is 12.5. The van der Waals surface area contributed by atoms with E-state index in [1.165, 1.54) is 22.4 Å². The smallest absolute Gasteiger partial charge is 0.0991 e. The molecular formula is C18H18N2. The summed E-state index contributed by atoms with van der Waals surface area (Å²) in [4.78, 5) is 0. The van der Waals surface area contributed by atoms with Crippen LogP contribution in [0.3, 0.4) is 0 Å². The van der Waals surface area contributed by atoms with Crippen LogP contribution in [0.2, 0.25) is 0 Å². The Hall–Kier alpha value is -2.27. The predicted molar refractivity (Wildman–Crippen MR) is 81.7 cm³/mol. The molecule has 2 aromatic rings. The fourth-order valence-corrected chi connectivity index (χ4v) is 3.08. The molecule has 1 aliphatic heterocycles. The molecule has 0 spiro atoms. The minimum absolute atomic E-state index is 0.0389. The number of hydrogen-bond donors (Lipinski definition) is 1. The van der Waals surface area contributed by atoms with E-state index >= 15 is 0 Å². The van der Waals surface area contributed by atoms with Crippen molar-refractivity contribution in [3.8, 4) is 6.07 Å². The van der Waals surface area contributed by atoms with Crippen molar-refractivity contribution in [2.45, 2.75) is 32.2 Å². The summed E-state index contributed by atoms with van der Waals surface area (Å²) in [5.41, 5.74) is 5.83. The number of anilines is 1. The molecule has 0 radical (unpaired) electrons. The van der Waals surface area contributed by atoms with Crippen molar-refractivity contribution in [1.29, 1.82) is 5.26 Å². The van der Waals surface area contributed by atoms with Crippen LogP contribution in [0.15, 0.2) is 42.5 Å². The first-order chi connectivity index (χ1) is 9.52. The molecule has 2 heteroatoms. The topological polar surface area (TPSA) is 35.8 Å². The van der Waals surface area contributed by atoms with Gasteiger partial charge < -0.3 is 5.32 Å². The lowest BCUT2D eigenvalue weighted by Crippen LogP contribution is -2.25. The molecule has 0 saturated carbocycles. The maximum absolute atomic E-state index is 8.90. The van der Waals surface area contributed by atoms with E-state index in [0.717, 1.165) is 0 Å². The molecule has 0 fully saturated rings. The number of nitrogens with one attached hydrogen (secondary N) is 1. The van der Waals surface area contributed by atoms with Crippen molar-refractivity contribution >= 4 is 5.69 Å². The van der Waals surface area contributed by atoms with Crippen molar-refractivity contribution in [3.63, 3.8) is 0 Å². The van der Waals surface area contributed by atoms with Gasteiger partial charge in [-0.05, 0) is 41.8 Å². The van der Waals surface area contributed by atoms with Crippen LogP contribution in [0.1, 0.15) is 42.1 Å². The third-order valence-corrected chi connectivity index (χ3v) is 4.26. The molecule has 2 aromatic carbocycles. The summed E-state index contributed by atoms with van der Waals surface area (Å²) in [6.45, 7) is 6.65. The quantitative estimate of drug-likeness (QED) is 0.831. The van der Waals surface area contributed by atoms with Crippen molar-refractivity contribution in [3.05, 3.63) is 64.7 Å². The first kappa shape index (κ1) is 12.7. The predicted octanol–water partition coefficient (Wildman–Crippen LogP) is 4.31. The van der Waals surface area contributed by atoms with Gasteiger partial charge >= 0.3 is 0 Å². The minimum Gasteiger partial charge on any atom is -0.377 e. The van der Waals surface area contributed by atoms with Crippen molar-refractivity contribution in [1.82, 2.24) is 0 Å². The first-order valence-electron chi connectivity index (χ1n) is 6.90. The Balaban J connectivity index is 2.02. The van der Waals surface area contributed by atoms with Gasteiger partial charge in [0.1, 0.15) is 0 Å². The van der Waals surface area contributed by atoms with Gasteiger partial charge in [-0.1, -0.05) is 38.1 Å². The van der Waals surface area contributed by atoms with Crippen LogP contribution >= 0.6 is 0 Å². The van der Waals surface area contributed by atoms with E-state index in [-0.39, 0.29) is 11.5 Å². The van der Waals surface area contributed by atoms with Crippen LogP contribution in [0.4, 0.5) is 5.69 Å². The van der Waals surface area contributed by atoms with E-state index in [1.807, 2.05) is 12.1 Å². The van der Waals surface area contributed by atoms with Crippen LogP contribution in [-0.4, -0.2) is 0 Å². The normalized spacial score (nSPS) is 19.0. The van der Waals surface area contributed by atoms with Gasteiger partial charge in [0.05, 0.1) is 17.7 Å². The van der Waals surface area contributed by atoms with Crippen LogP contribution in [0.25, 0.3) is 0 Å². The van der Waals surface area contributed by atoms with Gasteiger partial charge in [0.15, 0.2) is 0 Å². The minimum atomic E-state index is 0.0389. The highest BCUT2D eigenvalue weighted by Crippen LogP contribution is 2.48. The average Bonchev–Trinajstić information content (AvgIpc) is 2.70. The molecule has 0 bridgehead atoms. The molecule has 2 nitrogen and oxygen atoms in total. The zero-order valence-corrected chi connectivity index (χ0v) is 12.1. The Morgan fingerprint density at radius 2 is 1.80 bits per heavy atom. The summed E-state index contributed by atoms with van der Waals surface area (Å²) < 4.78 is 0. The number of aryl methyl sites for hydroxylation is 1. The molecule has 20 heavy (non-hydrogen) atoms. The fraction of sp³-hybridized carbons (Fsp3) is 0.278. The Morgan fingerprint density at radius 3 is 2.45 bits per heavy atom. The lowest BCUT2D eigenvalue weighted by Gasteiger charge is -2.28. The Labute approximate surface area is 120 Å². The van der Waals surface area contributed by atoms with E-state index in [1.54, 1.807) is 0 Å². The molecule has 100 valence electrons. The Morgan fingerprint density at radius 1 is 1.10 bits per heavy atom. The van der Waals surface area contributed by atoms with Gasteiger partial charge in [-0.3, -0.25) is 0 Å². The fourth-order valence-electron chi connectivity index (χ4n) is 3.08. The van der Waals surface area contributed by atoms with Crippen LogP contribution in [0.5, 0.6) is 0 Å². The van der Waals surface area contributed by atoms with E-state index in [0.29, 0.717) is 5.56 Å². The highest BCUT2D eigenvalue weighted by Gasteiger charge is 2.39. The molecule has 1 atom stereocenters. The zero-order valence-electron chi connectivity index (χ0n) is 12.1. The second kappa shape index (κ2) is 4.38. The van der Waals surface area contributed by atoms with E-state index in [2.05, 4.69) is 62.5 Å². The maximum atomic E-state index is 8.90. The second-order valence-corrected chi connectivity index (χ2v) is 6.08. The summed E-state index contributed by atoms with van der Waals surface area (Å²) in [5.74, 6) is 0. The summed E-state index contributed by atoms with van der Waals surface area (Å²) in [6, 6.07) is 16.9. The third kappa shape index (κ3) is 1.87. The van der Waals surface area contributed by atoms with Crippen molar-refractivity contribution < 1.29 is 0 Å². The van der Waals surface area contributed by atoms with Crippen LogP contribution < -0.4 is 5.32 Å². The summed E-state index contributed by atoms with van der Waals surface area (Å²) in [7, 11) is 0. The number of benzene rings is 2. The SMILES string of the molecule is Cc1ccc2c(c1)NC(c1ccc(C#N)cc1)C2(C)C. The molecule has 1 aliphatic rings. The standard InChI is InChI=1S/C18H18N2/c1-12-4-9-15-16(10-12)20-17(18(15,2)3)14-7-5-13(11-19)6-8-14/h4-10,17,20H,1-3H3. The van der Waals surface area contributed by atoms with Gasteiger partial charge in [0.25, 0.3) is 0 Å². The highest BCUT2D eigenvalue weighted by atomic mass is 15.0. The largest absolute Gasteiger partial charge is 0.377 e. The molecule has 3 rings (SSSR count). The number of fused-ring (bicyclic) bond motifs is 1. The van der Waals surface area contributed by atoms with Gasteiger partial charge in [-0.2, -0.15) is 5.26 Å². The third-order valence-electron chi connectivity index (χ3n) is 4.26. The Bertz CT molecular complexity index is 690. The molecule has 0 aromatic heterocycles. The van der Waals surface area contributed by atoms with E-state index < -0.39 is 0 Å². The summed E-state index contributed by atoms with van der Waals surface area (Å²) in [6.07, 6.45) is 0. The molecule has 1 N–H and O–H groups in total. The number of nitrogens with zero attached hydrogens (tertiary/aromatic N) is 1. The lowest BCUT2D eigenvalue weighted by atomic mass is 9.77. The monoisotopic (exact) mass is 262 g/mol. The number of rotatable bonds is 1. The number of hydrogen-bond acceptors (Lipinski definition) is 2. The first-order valence-corrected chi connectivity index (χ1v) is 6.90. The molecular weight excluding hydrogens is 244 g/mol. The average molecular weight is 262 g/mol. The molecule has 1 unspecified atom stereocenters. The second-order valence-electron chi connectivity index (χ2n) is 6.08. The van der Waals surface area contributed by atoms with Crippen molar-refractivity contribution in [2.75, 3.05) is 5.32 Å². The van der Waals surface area contributed by atoms with Gasteiger partial charge in [-0.15, -0.1) is 0 Å². The van der Waals surface area contributed by atoms with E-state index in [9.17, 15) is 0 Å². The maximum Gasteiger partial charge on any atom is 0.0991 e.